The summed E-state index contributed by atoms with van der Waals surface area (Å²) in [4.78, 5) is 39.0. The smallest absolute Gasteiger partial charge is 0.293 e. The number of nitrogens with one attached hydrogen (secondary N) is 2. The van der Waals surface area contributed by atoms with Crippen LogP contribution in [0.25, 0.3) is 0 Å². The summed E-state index contributed by atoms with van der Waals surface area (Å²) in [6.07, 6.45) is 1.65. The first-order chi connectivity index (χ1) is 16.8. The Kier molecular flexibility index (Phi) is 8.17. The molecule has 0 radical (unpaired) electrons. The lowest BCUT2D eigenvalue weighted by Gasteiger charge is -2.15. The molecule has 0 bridgehead atoms. The Hall–Kier alpha value is -4.67. The highest BCUT2D eigenvalue weighted by molar-refractivity contribution is 5.95. The number of hydrogen-bond acceptors (Lipinski definition) is 8. The fraction of sp³-hybridized carbons (Fsp3) is 0.208. The Balaban J connectivity index is 1.70. The van der Waals surface area contributed by atoms with Gasteiger partial charge >= 0.3 is 0 Å². The number of nitrogens with two attached hydrogens (primary N) is 1. The molecular weight excluding hydrogens is 454 g/mol. The van der Waals surface area contributed by atoms with E-state index in [9.17, 15) is 19.7 Å². The molecule has 1 unspecified atom stereocenters. The number of nitrogens with zero attached hydrogens (tertiary/aromatic N) is 2. The monoisotopic (exact) mass is 479 g/mol. The molecule has 0 spiro atoms. The van der Waals surface area contributed by atoms with Crippen LogP contribution in [0.1, 0.15) is 34.6 Å². The van der Waals surface area contributed by atoms with Crippen LogP contribution >= 0.6 is 0 Å². The lowest BCUT2D eigenvalue weighted by atomic mass is 10.1. The third-order valence-corrected chi connectivity index (χ3v) is 5.01. The van der Waals surface area contributed by atoms with Crippen molar-refractivity contribution < 1.29 is 24.0 Å². The number of pyridine rings is 1. The number of carbonyl (C=O) groups is 2. The summed E-state index contributed by atoms with van der Waals surface area (Å²) in [6, 6.07) is 14.3. The zero-order chi connectivity index (χ0) is 25.4. The predicted octanol–water partition coefficient (Wildman–Crippen LogP) is 2.97. The standard InChI is InChI=1S/C24H25N5O6/c1-15(18-5-3-4-10-26-18)28-19-8-7-17(12-20(19)29(32)33)24(31)27-13-16-6-9-21(22(11-16)34-2)35-14-23(25)30/h3-12,15,28H,13-14H2,1-2H3,(H2,25,30)(H,27,31). The Morgan fingerprint density at radius 1 is 1.14 bits per heavy atom. The second-order valence-electron chi connectivity index (χ2n) is 7.53. The van der Waals surface area contributed by atoms with Crippen LogP contribution in [0.5, 0.6) is 11.5 Å². The lowest BCUT2D eigenvalue weighted by molar-refractivity contribution is -0.384. The van der Waals surface area contributed by atoms with Crippen molar-refractivity contribution in [2.45, 2.75) is 19.5 Å². The molecule has 1 aromatic heterocycles. The maximum atomic E-state index is 12.7. The molecule has 0 saturated heterocycles. The molecule has 11 nitrogen and oxygen atoms in total. The lowest BCUT2D eigenvalue weighted by Crippen LogP contribution is -2.23. The zero-order valence-corrected chi connectivity index (χ0v) is 19.2. The van der Waals surface area contributed by atoms with Crippen molar-refractivity contribution in [1.82, 2.24) is 10.3 Å². The van der Waals surface area contributed by atoms with Gasteiger partial charge in [-0.1, -0.05) is 12.1 Å². The number of methoxy groups -OCH3 is 1. The average Bonchev–Trinajstić information content (AvgIpc) is 2.86. The van der Waals surface area contributed by atoms with E-state index in [0.717, 1.165) is 5.69 Å². The van der Waals surface area contributed by atoms with Crippen molar-refractivity contribution in [3.63, 3.8) is 0 Å². The predicted molar refractivity (Wildman–Crippen MR) is 128 cm³/mol. The number of amides is 2. The topological polar surface area (TPSA) is 159 Å². The van der Waals surface area contributed by atoms with Crippen LogP contribution in [0.15, 0.2) is 60.8 Å². The number of carbonyl (C=O) groups excluding carboxylic acids is 2. The van der Waals surface area contributed by atoms with Crippen LogP contribution in [0.2, 0.25) is 0 Å². The highest BCUT2D eigenvalue weighted by atomic mass is 16.6. The van der Waals surface area contributed by atoms with Gasteiger partial charge in [0.15, 0.2) is 18.1 Å². The second kappa shape index (κ2) is 11.5. The van der Waals surface area contributed by atoms with Crippen LogP contribution in [0.4, 0.5) is 11.4 Å². The molecule has 4 N–H and O–H groups in total. The summed E-state index contributed by atoms with van der Waals surface area (Å²) in [5, 5.41) is 17.5. The van der Waals surface area contributed by atoms with E-state index in [4.69, 9.17) is 15.2 Å². The minimum Gasteiger partial charge on any atom is -0.493 e. The van der Waals surface area contributed by atoms with Gasteiger partial charge in [-0.15, -0.1) is 0 Å². The second-order valence-corrected chi connectivity index (χ2v) is 7.53. The van der Waals surface area contributed by atoms with Gasteiger partial charge < -0.3 is 25.8 Å². The van der Waals surface area contributed by atoms with Crippen LogP contribution in [0, 0.1) is 10.1 Å². The SMILES string of the molecule is COc1cc(CNC(=O)c2ccc(NC(C)c3ccccn3)c([N+](=O)[O-])c2)ccc1OCC(N)=O. The van der Waals surface area contributed by atoms with Gasteiger partial charge in [-0.2, -0.15) is 0 Å². The molecule has 0 aliphatic rings. The van der Waals surface area contributed by atoms with Crippen LogP contribution in [-0.2, 0) is 11.3 Å². The number of aromatic nitrogens is 1. The molecule has 35 heavy (non-hydrogen) atoms. The molecular formula is C24H25N5O6. The van der Waals surface area contributed by atoms with Crippen molar-refractivity contribution in [3.8, 4) is 11.5 Å². The summed E-state index contributed by atoms with van der Waals surface area (Å²) in [5.74, 6) is -0.401. The van der Waals surface area contributed by atoms with Gasteiger partial charge in [0.25, 0.3) is 17.5 Å². The minimum absolute atomic E-state index is 0.135. The molecule has 2 amide bonds. The van der Waals surface area contributed by atoms with E-state index < -0.39 is 16.7 Å². The third kappa shape index (κ3) is 6.67. The maximum absolute atomic E-state index is 12.7. The number of primary amides is 1. The molecule has 3 aromatic rings. The van der Waals surface area contributed by atoms with E-state index in [-0.39, 0.29) is 36.1 Å². The summed E-state index contributed by atoms with van der Waals surface area (Å²) < 4.78 is 10.5. The van der Waals surface area contributed by atoms with Gasteiger partial charge in [-0.25, -0.2) is 0 Å². The number of hydrogen-bond donors (Lipinski definition) is 3. The molecule has 0 aliphatic heterocycles. The van der Waals surface area contributed by atoms with E-state index in [1.165, 1.54) is 25.3 Å². The summed E-state index contributed by atoms with van der Waals surface area (Å²) in [5.41, 5.74) is 6.70. The Bertz CT molecular complexity index is 1220. The summed E-state index contributed by atoms with van der Waals surface area (Å²) in [7, 11) is 1.44. The van der Waals surface area contributed by atoms with E-state index in [1.54, 1.807) is 30.5 Å². The van der Waals surface area contributed by atoms with Crippen molar-refractivity contribution in [2.24, 2.45) is 5.73 Å². The van der Waals surface area contributed by atoms with Gasteiger partial charge in [-0.05, 0) is 48.9 Å². The first-order valence-electron chi connectivity index (χ1n) is 10.6. The summed E-state index contributed by atoms with van der Waals surface area (Å²) in [6.45, 7) is 1.68. The van der Waals surface area contributed by atoms with Gasteiger partial charge in [0.2, 0.25) is 0 Å². The van der Waals surface area contributed by atoms with E-state index >= 15 is 0 Å². The molecule has 0 fully saturated rings. The van der Waals surface area contributed by atoms with Crippen molar-refractivity contribution in [1.29, 1.82) is 0 Å². The van der Waals surface area contributed by atoms with Crippen LogP contribution < -0.4 is 25.8 Å². The Morgan fingerprint density at radius 3 is 2.60 bits per heavy atom. The van der Waals surface area contributed by atoms with Gasteiger partial charge in [0, 0.05) is 24.4 Å². The molecule has 1 atom stereocenters. The average molecular weight is 479 g/mol. The van der Waals surface area contributed by atoms with Gasteiger partial charge in [0.1, 0.15) is 5.69 Å². The number of benzene rings is 2. The minimum atomic E-state index is -0.620. The normalized spacial score (nSPS) is 11.3. The highest BCUT2D eigenvalue weighted by Crippen LogP contribution is 2.30. The first-order valence-corrected chi connectivity index (χ1v) is 10.6. The first kappa shape index (κ1) is 25.0. The molecule has 182 valence electrons. The Morgan fingerprint density at radius 2 is 1.94 bits per heavy atom. The maximum Gasteiger partial charge on any atom is 0.293 e. The third-order valence-electron chi connectivity index (χ3n) is 5.01. The molecule has 1 heterocycles. The largest absolute Gasteiger partial charge is 0.493 e. The summed E-state index contributed by atoms with van der Waals surface area (Å²) >= 11 is 0. The molecule has 0 aliphatic carbocycles. The number of ether oxygens (including phenoxy) is 2. The number of anilines is 1. The van der Waals surface area contributed by atoms with Gasteiger partial charge in [-0.3, -0.25) is 24.7 Å². The molecule has 3 rings (SSSR count). The number of nitro benzene ring substituents is 1. The van der Waals surface area contributed by atoms with E-state index in [2.05, 4.69) is 15.6 Å². The van der Waals surface area contributed by atoms with E-state index in [1.807, 2.05) is 19.1 Å². The van der Waals surface area contributed by atoms with Crippen molar-refractivity contribution in [3.05, 3.63) is 87.7 Å². The number of rotatable bonds is 11. The molecule has 2 aromatic carbocycles. The quantitative estimate of drug-likeness (QED) is 0.280. The number of nitro groups is 1. The fourth-order valence-electron chi connectivity index (χ4n) is 3.26. The van der Waals surface area contributed by atoms with Gasteiger partial charge in [0.05, 0.1) is 23.8 Å². The molecule has 0 saturated carbocycles. The van der Waals surface area contributed by atoms with Crippen LogP contribution in [-0.4, -0.2) is 35.4 Å². The van der Waals surface area contributed by atoms with Crippen LogP contribution in [0.3, 0.4) is 0 Å². The molecule has 11 heteroatoms. The van der Waals surface area contributed by atoms with E-state index in [0.29, 0.717) is 17.1 Å². The fourth-order valence-corrected chi connectivity index (χ4v) is 3.26. The Labute approximate surface area is 201 Å². The van der Waals surface area contributed by atoms with Crippen molar-refractivity contribution in [2.75, 3.05) is 19.0 Å². The van der Waals surface area contributed by atoms with Crippen molar-refractivity contribution >= 4 is 23.2 Å². The zero-order valence-electron chi connectivity index (χ0n) is 19.2. The highest BCUT2D eigenvalue weighted by Gasteiger charge is 2.20.